The Kier molecular flexibility index (Phi) is 5.66. The molecule has 1 aliphatic rings. The van der Waals surface area contributed by atoms with E-state index in [1.165, 1.54) is 0 Å². The first-order valence-electron chi connectivity index (χ1n) is 7.47. The van der Waals surface area contributed by atoms with Crippen molar-refractivity contribution >= 4 is 17.4 Å². The molecule has 4 N–H and O–H groups in total. The first-order valence-corrected chi connectivity index (χ1v) is 7.47. The van der Waals surface area contributed by atoms with Crippen molar-refractivity contribution in [1.29, 1.82) is 0 Å². The molecule has 1 amide bonds. The van der Waals surface area contributed by atoms with Crippen molar-refractivity contribution in [3.63, 3.8) is 0 Å². The van der Waals surface area contributed by atoms with E-state index in [9.17, 15) is 18.0 Å². The number of amidine groups is 1. The highest BCUT2D eigenvalue weighted by atomic mass is 19.4. The molecule has 0 bridgehead atoms. The SMILES string of the molecule is CC1Oc2ccc(CNCCCNC(=O)C(F)(F)F)cc2N=C1N. The summed E-state index contributed by atoms with van der Waals surface area (Å²) in [6, 6.07) is 5.52. The Bertz CT molecular complexity index is 632. The van der Waals surface area contributed by atoms with Gasteiger partial charge in [0.15, 0.2) is 6.10 Å². The molecule has 0 saturated carbocycles. The smallest absolute Gasteiger partial charge is 0.471 e. The van der Waals surface area contributed by atoms with Gasteiger partial charge in [-0.3, -0.25) is 4.79 Å². The summed E-state index contributed by atoms with van der Waals surface area (Å²) < 4.78 is 41.5. The van der Waals surface area contributed by atoms with Crippen LogP contribution in [0, 0.1) is 0 Å². The molecule has 1 heterocycles. The molecule has 6 nitrogen and oxygen atoms in total. The van der Waals surface area contributed by atoms with E-state index in [4.69, 9.17) is 10.5 Å². The summed E-state index contributed by atoms with van der Waals surface area (Å²) in [6.45, 7) is 2.76. The number of rotatable bonds is 6. The average molecular weight is 344 g/mol. The Morgan fingerprint density at radius 1 is 1.38 bits per heavy atom. The Morgan fingerprint density at radius 3 is 2.83 bits per heavy atom. The number of amides is 1. The molecule has 0 aliphatic carbocycles. The van der Waals surface area contributed by atoms with Crippen LogP contribution in [0.1, 0.15) is 18.9 Å². The number of carbonyl (C=O) groups is 1. The molecule has 2 rings (SSSR count). The number of hydrogen-bond acceptors (Lipinski definition) is 5. The molecule has 1 aliphatic heterocycles. The maximum Gasteiger partial charge on any atom is 0.471 e. The van der Waals surface area contributed by atoms with E-state index >= 15 is 0 Å². The second-order valence-electron chi connectivity index (χ2n) is 5.38. The van der Waals surface area contributed by atoms with E-state index < -0.39 is 12.1 Å². The minimum Gasteiger partial charge on any atom is -0.481 e. The maximum atomic E-state index is 12.0. The number of hydrogen-bond donors (Lipinski definition) is 3. The van der Waals surface area contributed by atoms with Crippen LogP contribution in [0.3, 0.4) is 0 Å². The minimum absolute atomic E-state index is 0.0396. The van der Waals surface area contributed by atoms with Crippen molar-refractivity contribution in [2.24, 2.45) is 10.7 Å². The molecule has 0 spiro atoms. The van der Waals surface area contributed by atoms with E-state index in [2.05, 4.69) is 10.3 Å². The largest absolute Gasteiger partial charge is 0.481 e. The number of ether oxygens (including phenoxy) is 1. The summed E-state index contributed by atoms with van der Waals surface area (Å²) in [5.41, 5.74) is 7.35. The van der Waals surface area contributed by atoms with Crippen LogP contribution in [0.15, 0.2) is 23.2 Å². The Balaban J connectivity index is 1.73. The zero-order valence-electron chi connectivity index (χ0n) is 13.1. The van der Waals surface area contributed by atoms with Gasteiger partial charge in [0.1, 0.15) is 17.3 Å². The van der Waals surface area contributed by atoms with Crippen LogP contribution in [0.5, 0.6) is 5.75 Å². The predicted molar refractivity (Wildman–Crippen MR) is 83.2 cm³/mol. The molecule has 0 saturated heterocycles. The highest BCUT2D eigenvalue weighted by Gasteiger charge is 2.38. The molecular weight excluding hydrogens is 325 g/mol. The number of nitrogens with one attached hydrogen (secondary N) is 2. The van der Waals surface area contributed by atoms with Crippen molar-refractivity contribution in [2.75, 3.05) is 13.1 Å². The fourth-order valence-electron chi connectivity index (χ4n) is 2.09. The monoisotopic (exact) mass is 344 g/mol. The number of halogens is 3. The summed E-state index contributed by atoms with van der Waals surface area (Å²) in [7, 11) is 0. The first-order chi connectivity index (χ1) is 11.3. The molecule has 0 fully saturated rings. The number of nitrogens with zero attached hydrogens (tertiary/aromatic N) is 1. The lowest BCUT2D eigenvalue weighted by molar-refractivity contribution is -0.173. The van der Waals surface area contributed by atoms with Crippen molar-refractivity contribution in [1.82, 2.24) is 10.6 Å². The molecule has 0 aromatic heterocycles. The van der Waals surface area contributed by atoms with Gasteiger partial charge in [-0.05, 0) is 37.6 Å². The van der Waals surface area contributed by atoms with Crippen molar-refractivity contribution < 1.29 is 22.7 Å². The first kappa shape index (κ1) is 18.1. The zero-order valence-corrected chi connectivity index (χ0v) is 13.1. The summed E-state index contributed by atoms with van der Waals surface area (Å²) in [5.74, 6) is -0.842. The third-order valence-corrected chi connectivity index (χ3v) is 3.40. The van der Waals surface area contributed by atoms with Gasteiger partial charge in [0.25, 0.3) is 0 Å². The van der Waals surface area contributed by atoms with Gasteiger partial charge in [-0.25, -0.2) is 4.99 Å². The third kappa shape index (κ3) is 4.85. The van der Waals surface area contributed by atoms with Crippen LogP contribution >= 0.6 is 0 Å². The fraction of sp³-hybridized carbons (Fsp3) is 0.467. The molecule has 0 radical (unpaired) electrons. The van der Waals surface area contributed by atoms with Gasteiger partial charge in [-0.2, -0.15) is 13.2 Å². The lowest BCUT2D eigenvalue weighted by Crippen LogP contribution is -2.37. The minimum atomic E-state index is -4.83. The number of alkyl halides is 3. The van der Waals surface area contributed by atoms with E-state index in [1.54, 1.807) is 0 Å². The number of carbonyl (C=O) groups excluding carboxylic acids is 1. The van der Waals surface area contributed by atoms with Crippen molar-refractivity contribution in [3.05, 3.63) is 23.8 Å². The molecule has 1 aromatic rings. The van der Waals surface area contributed by atoms with Crippen molar-refractivity contribution in [3.8, 4) is 5.75 Å². The standard InChI is InChI=1S/C15H19F3N4O2/c1-9-13(19)22-11-7-10(3-4-12(11)24-9)8-20-5-2-6-21-14(23)15(16,17)18/h3-4,7,9,20H,2,5-6,8H2,1H3,(H2,19,22)(H,21,23). The summed E-state index contributed by atoms with van der Waals surface area (Å²) in [5, 5.41) is 4.91. The Hall–Kier alpha value is -2.29. The topological polar surface area (TPSA) is 88.7 Å². The normalized spacial score (nSPS) is 16.8. The lowest BCUT2D eigenvalue weighted by Gasteiger charge is -2.21. The summed E-state index contributed by atoms with van der Waals surface area (Å²) in [4.78, 5) is 14.9. The maximum absolute atomic E-state index is 12.0. The van der Waals surface area contributed by atoms with Gasteiger partial charge in [0.05, 0.1) is 0 Å². The van der Waals surface area contributed by atoms with Gasteiger partial charge in [-0.1, -0.05) is 6.07 Å². The van der Waals surface area contributed by atoms with Crippen molar-refractivity contribution in [2.45, 2.75) is 32.2 Å². The van der Waals surface area contributed by atoms with E-state index in [0.717, 1.165) is 5.56 Å². The fourth-order valence-corrected chi connectivity index (χ4v) is 2.09. The van der Waals surface area contributed by atoms with Crippen LogP contribution in [0.2, 0.25) is 0 Å². The number of aliphatic imine (C=N–C) groups is 1. The van der Waals surface area contributed by atoms with Gasteiger partial charge in [0.2, 0.25) is 0 Å². The molecule has 1 atom stereocenters. The number of fused-ring (bicyclic) bond motifs is 1. The van der Waals surface area contributed by atoms with Gasteiger partial charge < -0.3 is 21.1 Å². The van der Waals surface area contributed by atoms with Crippen LogP contribution in [-0.4, -0.2) is 37.1 Å². The Labute approximate surface area is 137 Å². The van der Waals surface area contributed by atoms with Gasteiger partial charge in [0, 0.05) is 13.1 Å². The highest BCUT2D eigenvalue weighted by molar-refractivity contribution is 5.89. The summed E-state index contributed by atoms with van der Waals surface area (Å²) in [6.07, 6.45) is -4.70. The third-order valence-electron chi connectivity index (χ3n) is 3.40. The molecule has 1 unspecified atom stereocenters. The molecular formula is C15H19F3N4O2. The lowest BCUT2D eigenvalue weighted by atomic mass is 10.1. The van der Waals surface area contributed by atoms with Crippen LogP contribution < -0.4 is 21.1 Å². The van der Waals surface area contributed by atoms with E-state index in [1.807, 2.05) is 30.4 Å². The molecule has 9 heteroatoms. The number of nitrogens with two attached hydrogens (primary N) is 1. The highest BCUT2D eigenvalue weighted by Crippen LogP contribution is 2.32. The quantitative estimate of drug-likeness (QED) is 0.684. The van der Waals surface area contributed by atoms with Gasteiger partial charge in [-0.15, -0.1) is 0 Å². The average Bonchev–Trinajstić information content (AvgIpc) is 2.50. The molecule has 1 aromatic carbocycles. The number of benzene rings is 1. The Morgan fingerprint density at radius 2 is 2.12 bits per heavy atom. The second kappa shape index (κ2) is 7.52. The second-order valence-corrected chi connectivity index (χ2v) is 5.38. The van der Waals surface area contributed by atoms with Crippen LogP contribution in [0.4, 0.5) is 18.9 Å². The van der Waals surface area contributed by atoms with Gasteiger partial charge >= 0.3 is 12.1 Å². The molecule has 132 valence electrons. The van der Waals surface area contributed by atoms with Crippen LogP contribution in [0.25, 0.3) is 0 Å². The van der Waals surface area contributed by atoms with Crippen LogP contribution in [-0.2, 0) is 11.3 Å². The zero-order chi connectivity index (χ0) is 17.7. The predicted octanol–water partition coefficient (Wildman–Crippen LogP) is 1.61. The van der Waals surface area contributed by atoms with E-state index in [-0.39, 0.29) is 12.6 Å². The summed E-state index contributed by atoms with van der Waals surface area (Å²) >= 11 is 0. The van der Waals surface area contributed by atoms with E-state index in [0.29, 0.717) is 36.8 Å². The molecule has 24 heavy (non-hydrogen) atoms.